The van der Waals surface area contributed by atoms with E-state index >= 15 is 0 Å². The molecule has 2 aliphatic heterocycles. The van der Waals surface area contributed by atoms with E-state index in [1.54, 1.807) is 0 Å². The van der Waals surface area contributed by atoms with Crippen molar-refractivity contribution in [3.8, 4) is 0 Å². The molecule has 0 bridgehead atoms. The first-order valence-electron chi connectivity index (χ1n) is 49.6. The Kier molecular flexibility index (Phi) is 72.6. The molecule has 0 aromatic carbocycles. The summed E-state index contributed by atoms with van der Waals surface area (Å²) in [6, 6.07) is -3.12. The fourth-order valence-electron chi connectivity index (χ4n) is 16.6. The standard InChI is InChI=1S/C97H180N2O19/c1-7-13-19-25-31-37-39-40-42-48-54-59-65-70-86(104)113-79(67-61-55-49-43-33-27-21-15-9-3)73-84(102)98-90-93(109)92(108)83(116-96(90)110)77-111-97-91(99-85(103)74-80(68-62-56-50-44-34-28-22-16-10-4)114-87(105)71-64-58-52-46-36-30-24-18-12-6)95(94(112-78-101)82(76-100)117-97)118-89(107)75-81(69-63-57-51-45-35-29-23-17-11-5)115-88(106)72-66-60-53-47-41-38-32-26-20-14-8-2/h78-83,90-97,100,108-110H,7-77H2,1-6H3,(H,98,102)(H,99,103)/t79-,80-,81-,82?,83?,90?,91?,92?,93?,94?,95?,96?,97?/m1/s1. The SMILES string of the molecule is CCCCCCCCCCCCCCCC(=O)O[C@H](CCCCCCCCCCC)CC(=O)NC1C(O)OC(COC2OC(CO)C(OC=O)C(OC(=O)C[C@@H](CCCCCCCCCCC)OC(=O)CCCCCCCCCCCCC)C2NC(=O)C[C@@H](CCCCCCCCCCC)OC(=O)CCCCCCCCCCC)C(O)C1O. The molecule has 118 heavy (non-hydrogen) atoms. The second-order valence-electron chi connectivity index (χ2n) is 35.1. The molecule has 0 radical (unpaired) electrons. The van der Waals surface area contributed by atoms with Crippen LogP contribution in [0.15, 0.2) is 0 Å². The summed E-state index contributed by atoms with van der Waals surface area (Å²) in [6.45, 7) is 11.9. The van der Waals surface area contributed by atoms with Crippen LogP contribution in [0, 0.1) is 0 Å². The number of ether oxygens (including phenoxy) is 8. The monoisotopic (exact) mass is 1680 g/mol. The minimum atomic E-state index is -1.92. The number of unbranched alkanes of at least 4 members (excludes halogenated alkanes) is 54. The van der Waals surface area contributed by atoms with Gasteiger partial charge >= 0.3 is 23.9 Å². The predicted octanol–water partition coefficient (Wildman–Crippen LogP) is 22.4. The van der Waals surface area contributed by atoms with Crippen LogP contribution in [0.2, 0.25) is 0 Å². The minimum absolute atomic E-state index is 0.116. The third-order valence-corrected chi connectivity index (χ3v) is 24.1. The van der Waals surface area contributed by atoms with Gasteiger partial charge in [-0.15, -0.1) is 0 Å². The van der Waals surface area contributed by atoms with Crippen molar-refractivity contribution in [2.45, 2.75) is 564 Å². The van der Waals surface area contributed by atoms with Crippen LogP contribution in [0.1, 0.15) is 485 Å². The van der Waals surface area contributed by atoms with Gasteiger partial charge in [0.15, 0.2) is 24.8 Å². The Labute approximate surface area is 718 Å². The number of aliphatic hydroxyl groups excluding tert-OH is 4. The summed E-state index contributed by atoms with van der Waals surface area (Å²) in [6.07, 6.45) is 50.4. The van der Waals surface area contributed by atoms with Crippen molar-refractivity contribution in [1.82, 2.24) is 10.6 Å². The van der Waals surface area contributed by atoms with E-state index in [1.165, 1.54) is 186 Å². The molecule has 0 spiro atoms. The van der Waals surface area contributed by atoms with Gasteiger partial charge in [-0.3, -0.25) is 33.6 Å². The van der Waals surface area contributed by atoms with E-state index in [0.717, 1.165) is 167 Å². The number of amides is 2. The van der Waals surface area contributed by atoms with E-state index < -0.39 is 129 Å². The zero-order valence-corrected chi connectivity index (χ0v) is 76.2. The smallest absolute Gasteiger partial charge is 0.310 e. The molecule has 0 aromatic heterocycles. The third kappa shape index (κ3) is 58.2. The molecule has 0 aromatic rings. The first kappa shape index (κ1) is 110. The van der Waals surface area contributed by atoms with Gasteiger partial charge < -0.3 is 69.0 Å². The van der Waals surface area contributed by atoms with Gasteiger partial charge in [0, 0.05) is 19.3 Å². The van der Waals surface area contributed by atoms with E-state index in [-0.39, 0.29) is 44.5 Å². The predicted molar refractivity (Wildman–Crippen MR) is 472 cm³/mol. The van der Waals surface area contributed by atoms with Crippen LogP contribution in [0.4, 0.5) is 0 Å². The number of carbonyl (C=O) groups excluding carboxylic acids is 7. The fourth-order valence-corrected chi connectivity index (χ4v) is 16.6. The van der Waals surface area contributed by atoms with E-state index in [4.69, 9.17) is 37.9 Å². The first-order valence-corrected chi connectivity index (χ1v) is 49.6. The minimum Gasteiger partial charge on any atom is -0.462 e. The number of hydrogen-bond donors (Lipinski definition) is 6. The van der Waals surface area contributed by atoms with Crippen molar-refractivity contribution in [1.29, 1.82) is 0 Å². The number of carbonyl (C=O) groups is 7. The maximum Gasteiger partial charge on any atom is 0.310 e. The van der Waals surface area contributed by atoms with Gasteiger partial charge in [-0.05, 0) is 57.8 Å². The number of esters is 4. The molecule has 13 atom stereocenters. The lowest BCUT2D eigenvalue weighted by Gasteiger charge is -2.46. The maximum absolute atomic E-state index is 14.9. The van der Waals surface area contributed by atoms with E-state index in [9.17, 15) is 54.0 Å². The molecule has 2 fully saturated rings. The molecule has 0 saturated carbocycles. The van der Waals surface area contributed by atoms with Crippen molar-refractivity contribution in [3.05, 3.63) is 0 Å². The van der Waals surface area contributed by atoms with E-state index in [0.29, 0.717) is 51.4 Å². The lowest BCUT2D eigenvalue weighted by molar-refractivity contribution is -0.299. The molecule has 10 unspecified atom stereocenters. The largest absolute Gasteiger partial charge is 0.462 e. The highest BCUT2D eigenvalue weighted by atomic mass is 16.7. The molecule has 0 aliphatic carbocycles. The number of aliphatic hydroxyl groups is 4. The van der Waals surface area contributed by atoms with Crippen LogP contribution in [0.3, 0.4) is 0 Å². The van der Waals surface area contributed by atoms with Crippen molar-refractivity contribution in [2.24, 2.45) is 0 Å². The molecular formula is C97H180N2O19. The van der Waals surface area contributed by atoms with Gasteiger partial charge in [-0.1, -0.05) is 388 Å². The Hall–Kier alpha value is -3.99. The Bertz CT molecular complexity index is 2390. The van der Waals surface area contributed by atoms with Crippen LogP contribution < -0.4 is 10.6 Å². The van der Waals surface area contributed by atoms with Crippen molar-refractivity contribution < 1.29 is 91.9 Å². The average Bonchev–Trinajstić information content (AvgIpc) is 0.783. The highest BCUT2D eigenvalue weighted by Gasteiger charge is 2.52. The summed E-state index contributed by atoms with van der Waals surface area (Å²) >= 11 is 0. The molecule has 21 nitrogen and oxygen atoms in total. The van der Waals surface area contributed by atoms with Gasteiger partial charge in [0.05, 0.1) is 32.5 Å². The van der Waals surface area contributed by atoms with Crippen LogP contribution in [0.5, 0.6) is 0 Å². The Morgan fingerprint density at radius 3 is 0.907 bits per heavy atom. The molecule has 6 N–H and O–H groups in total. The third-order valence-electron chi connectivity index (χ3n) is 24.1. The zero-order chi connectivity index (χ0) is 86.0. The summed E-state index contributed by atoms with van der Waals surface area (Å²) in [5, 5.41) is 51.9. The highest BCUT2D eigenvalue weighted by Crippen LogP contribution is 2.32. The summed E-state index contributed by atoms with van der Waals surface area (Å²) in [4.78, 5) is 97.2. The molecule has 2 rings (SSSR count). The second-order valence-corrected chi connectivity index (χ2v) is 35.1. The van der Waals surface area contributed by atoms with Crippen molar-refractivity contribution in [2.75, 3.05) is 13.2 Å². The normalized spacial score (nSPS) is 20.1. The topological polar surface area (TPSA) is 298 Å². The number of hydrogen-bond acceptors (Lipinski definition) is 19. The van der Waals surface area contributed by atoms with Crippen molar-refractivity contribution >= 4 is 42.2 Å². The van der Waals surface area contributed by atoms with Crippen molar-refractivity contribution in [3.63, 3.8) is 0 Å². The summed E-state index contributed by atoms with van der Waals surface area (Å²) in [5.41, 5.74) is 0. The fraction of sp³-hybridized carbons (Fsp3) is 0.928. The van der Waals surface area contributed by atoms with Crippen LogP contribution in [-0.4, -0.2) is 155 Å². The lowest BCUT2D eigenvalue weighted by Crippen LogP contribution is -2.67. The molecule has 2 saturated heterocycles. The average molecular weight is 1680 g/mol. The highest BCUT2D eigenvalue weighted by molar-refractivity contribution is 5.79. The molecule has 2 aliphatic rings. The number of rotatable bonds is 84. The molecule has 2 heterocycles. The summed E-state index contributed by atoms with van der Waals surface area (Å²) < 4.78 is 48.9. The lowest BCUT2D eigenvalue weighted by atomic mass is 9.95. The van der Waals surface area contributed by atoms with Gasteiger partial charge in [0.2, 0.25) is 11.8 Å². The second kappa shape index (κ2) is 77.8. The zero-order valence-electron chi connectivity index (χ0n) is 76.2. The van der Waals surface area contributed by atoms with Gasteiger partial charge in [-0.2, -0.15) is 0 Å². The van der Waals surface area contributed by atoms with Gasteiger partial charge in [0.1, 0.15) is 54.8 Å². The Balaban J connectivity index is 2.51. The number of nitrogens with one attached hydrogen (secondary N) is 2. The molecular weight excluding hydrogens is 1500 g/mol. The maximum atomic E-state index is 14.9. The van der Waals surface area contributed by atoms with Crippen LogP contribution in [-0.2, 0) is 71.5 Å². The quantitative estimate of drug-likeness (QED) is 0.0143. The van der Waals surface area contributed by atoms with E-state index in [2.05, 4.69) is 52.2 Å². The van der Waals surface area contributed by atoms with Gasteiger partial charge in [0.25, 0.3) is 6.47 Å². The molecule has 21 heteroatoms. The molecule has 2 amide bonds. The first-order chi connectivity index (χ1) is 57.6. The summed E-state index contributed by atoms with van der Waals surface area (Å²) in [7, 11) is 0. The van der Waals surface area contributed by atoms with Gasteiger partial charge in [-0.25, -0.2) is 0 Å². The molecule has 692 valence electrons. The Morgan fingerprint density at radius 2 is 0.610 bits per heavy atom. The summed E-state index contributed by atoms with van der Waals surface area (Å²) in [5.74, 6) is -3.43. The van der Waals surface area contributed by atoms with E-state index in [1.807, 2.05) is 0 Å². The van der Waals surface area contributed by atoms with Crippen LogP contribution in [0.25, 0.3) is 0 Å². The van der Waals surface area contributed by atoms with Crippen LogP contribution >= 0.6 is 0 Å². The Morgan fingerprint density at radius 1 is 0.331 bits per heavy atom.